The molecule has 2 aromatic carbocycles. The van der Waals surface area contributed by atoms with Gasteiger partial charge in [-0.3, -0.25) is 5.32 Å². The molecule has 0 aliphatic carbocycles. The van der Waals surface area contributed by atoms with E-state index in [4.69, 9.17) is 11.6 Å². The number of anilines is 1. The van der Waals surface area contributed by atoms with Gasteiger partial charge in [0.2, 0.25) is 0 Å². The van der Waals surface area contributed by atoms with E-state index < -0.39 is 0 Å². The molecular weight excluding hydrogens is 385 g/mol. The Balaban J connectivity index is 1.92. The quantitative estimate of drug-likeness (QED) is 0.482. The van der Waals surface area contributed by atoms with Crippen LogP contribution in [0.5, 0.6) is 0 Å². The van der Waals surface area contributed by atoms with Gasteiger partial charge in [0.15, 0.2) is 5.13 Å². The van der Waals surface area contributed by atoms with Crippen LogP contribution in [0.25, 0.3) is 21.7 Å². The van der Waals surface area contributed by atoms with E-state index in [2.05, 4.69) is 22.5 Å². The van der Waals surface area contributed by atoms with Crippen molar-refractivity contribution >= 4 is 34.1 Å². The number of amides is 2. The Morgan fingerprint density at radius 3 is 2.44 bits per heavy atom. The zero-order chi connectivity index (χ0) is 19.2. The van der Waals surface area contributed by atoms with Crippen molar-refractivity contribution < 1.29 is 9.18 Å². The van der Waals surface area contributed by atoms with E-state index in [-0.39, 0.29) is 11.8 Å². The Kier molecular flexibility index (Phi) is 6.42. The van der Waals surface area contributed by atoms with Crippen LogP contribution in [0, 0.1) is 5.82 Å². The second-order valence-electron chi connectivity index (χ2n) is 5.94. The monoisotopic (exact) mass is 403 g/mol. The Morgan fingerprint density at radius 1 is 1.11 bits per heavy atom. The Morgan fingerprint density at radius 2 is 1.78 bits per heavy atom. The summed E-state index contributed by atoms with van der Waals surface area (Å²) in [5, 5.41) is 6.70. The number of urea groups is 1. The lowest BCUT2D eigenvalue weighted by molar-refractivity contribution is 0.252. The van der Waals surface area contributed by atoms with Crippen molar-refractivity contribution in [2.75, 3.05) is 11.9 Å². The number of carbonyl (C=O) groups excluding carboxylic acids is 1. The Bertz CT molecular complexity index is 847. The maximum Gasteiger partial charge on any atom is 0.321 e. The highest BCUT2D eigenvalue weighted by Gasteiger charge is 2.16. The van der Waals surface area contributed by atoms with Crippen LogP contribution >= 0.6 is 22.9 Å². The number of hydrogen-bond donors (Lipinski definition) is 2. The molecule has 2 amide bonds. The third kappa shape index (κ3) is 5.05. The highest BCUT2D eigenvalue weighted by atomic mass is 35.5. The van der Waals surface area contributed by atoms with Crippen molar-refractivity contribution in [1.82, 2.24) is 10.3 Å². The number of nitrogens with zero attached hydrogens (tertiary/aromatic N) is 1. The number of hydrogen-bond acceptors (Lipinski definition) is 3. The summed E-state index contributed by atoms with van der Waals surface area (Å²) < 4.78 is 13.3. The fourth-order valence-electron chi connectivity index (χ4n) is 2.49. The van der Waals surface area contributed by atoms with Crippen molar-refractivity contribution in [1.29, 1.82) is 0 Å². The summed E-state index contributed by atoms with van der Waals surface area (Å²) in [6.45, 7) is 2.68. The zero-order valence-electron chi connectivity index (χ0n) is 14.8. The second-order valence-corrected chi connectivity index (χ2v) is 7.38. The van der Waals surface area contributed by atoms with Crippen LogP contribution in [-0.2, 0) is 0 Å². The summed E-state index contributed by atoms with van der Waals surface area (Å²) >= 11 is 7.35. The van der Waals surface area contributed by atoms with Crippen molar-refractivity contribution in [3.05, 3.63) is 59.4 Å². The van der Waals surface area contributed by atoms with Crippen LogP contribution < -0.4 is 10.6 Å². The predicted octanol–water partition coefficient (Wildman–Crippen LogP) is 6.19. The normalized spacial score (nSPS) is 10.6. The average molecular weight is 404 g/mol. The van der Waals surface area contributed by atoms with Crippen LogP contribution in [-0.4, -0.2) is 17.6 Å². The van der Waals surface area contributed by atoms with Crippen LogP contribution in [0.3, 0.4) is 0 Å². The smallest absolute Gasteiger partial charge is 0.321 e. The van der Waals surface area contributed by atoms with E-state index in [1.807, 2.05) is 12.1 Å². The van der Waals surface area contributed by atoms with Gasteiger partial charge in [0.25, 0.3) is 0 Å². The van der Waals surface area contributed by atoms with Gasteiger partial charge in [0.05, 0.1) is 10.6 Å². The molecule has 0 spiro atoms. The first-order valence-corrected chi connectivity index (χ1v) is 9.84. The number of nitrogens with one attached hydrogen (secondary N) is 2. The van der Waals surface area contributed by atoms with Gasteiger partial charge in [0.1, 0.15) is 5.82 Å². The zero-order valence-corrected chi connectivity index (χ0v) is 16.3. The molecule has 0 aliphatic heterocycles. The predicted molar refractivity (Wildman–Crippen MR) is 110 cm³/mol. The standard InChI is InChI=1S/C20H19ClFN3OS/c1-2-3-12-23-19(26)25-20-24-17(13-6-10-16(22)11-7-13)18(27-20)14-4-8-15(21)9-5-14/h4-11H,2-3,12H2,1H3,(H2,23,24,25,26). The van der Waals surface area contributed by atoms with Gasteiger partial charge >= 0.3 is 6.03 Å². The lowest BCUT2D eigenvalue weighted by atomic mass is 10.1. The molecule has 7 heteroatoms. The van der Waals surface area contributed by atoms with E-state index >= 15 is 0 Å². The minimum atomic E-state index is -0.310. The number of thiazole rings is 1. The third-order valence-electron chi connectivity index (χ3n) is 3.89. The van der Waals surface area contributed by atoms with E-state index in [1.54, 1.807) is 24.3 Å². The fraction of sp³-hybridized carbons (Fsp3) is 0.200. The van der Waals surface area contributed by atoms with Gasteiger partial charge in [0, 0.05) is 17.1 Å². The minimum absolute atomic E-state index is 0.287. The topological polar surface area (TPSA) is 54.0 Å². The first-order valence-electron chi connectivity index (χ1n) is 8.64. The molecule has 0 radical (unpaired) electrons. The van der Waals surface area contributed by atoms with E-state index in [0.29, 0.717) is 22.4 Å². The molecule has 1 aromatic heterocycles. The molecule has 0 saturated heterocycles. The Hall–Kier alpha value is -2.44. The molecule has 0 bridgehead atoms. The summed E-state index contributed by atoms with van der Waals surface area (Å²) in [6.07, 6.45) is 1.93. The van der Waals surface area contributed by atoms with Crippen LogP contribution in [0.15, 0.2) is 48.5 Å². The van der Waals surface area contributed by atoms with E-state index in [1.165, 1.54) is 23.5 Å². The number of rotatable bonds is 6. The van der Waals surface area contributed by atoms with Crippen molar-refractivity contribution in [3.63, 3.8) is 0 Å². The highest BCUT2D eigenvalue weighted by molar-refractivity contribution is 7.19. The number of carbonyl (C=O) groups is 1. The fourth-order valence-corrected chi connectivity index (χ4v) is 3.61. The summed E-state index contributed by atoms with van der Waals surface area (Å²) in [5.41, 5.74) is 2.39. The molecule has 3 rings (SSSR count). The largest absolute Gasteiger partial charge is 0.338 e. The summed E-state index contributed by atoms with van der Waals surface area (Å²) in [7, 11) is 0. The highest BCUT2D eigenvalue weighted by Crippen LogP contribution is 2.39. The second kappa shape index (κ2) is 8.97. The molecule has 140 valence electrons. The van der Waals surface area contributed by atoms with E-state index in [0.717, 1.165) is 28.8 Å². The molecule has 2 N–H and O–H groups in total. The van der Waals surface area contributed by atoms with E-state index in [9.17, 15) is 9.18 Å². The maximum atomic E-state index is 13.3. The first kappa shape index (κ1) is 19.3. The lowest BCUT2D eigenvalue weighted by Crippen LogP contribution is -2.29. The minimum Gasteiger partial charge on any atom is -0.338 e. The molecule has 0 aliphatic rings. The van der Waals surface area contributed by atoms with Crippen LogP contribution in [0.1, 0.15) is 19.8 Å². The van der Waals surface area contributed by atoms with Crippen molar-refractivity contribution in [2.45, 2.75) is 19.8 Å². The summed E-state index contributed by atoms with van der Waals surface area (Å²) in [6, 6.07) is 13.2. The molecule has 27 heavy (non-hydrogen) atoms. The average Bonchev–Trinajstić information content (AvgIpc) is 3.07. The van der Waals surface area contributed by atoms with Gasteiger partial charge in [-0.15, -0.1) is 0 Å². The van der Waals surface area contributed by atoms with Crippen molar-refractivity contribution in [3.8, 4) is 21.7 Å². The van der Waals surface area contributed by atoms with Gasteiger partial charge in [-0.25, -0.2) is 14.2 Å². The number of halogens is 2. The maximum absolute atomic E-state index is 13.3. The van der Waals surface area contributed by atoms with Crippen molar-refractivity contribution in [2.24, 2.45) is 0 Å². The molecule has 4 nitrogen and oxygen atoms in total. The number of unbranched alkanes of at least 4 members (excludes halogenated alkanes) is 1. The van der Waals surface area contributed by atoms with Gasteiger partial charge in [-0.05, 0) is 48.4 Å². The number of aromatic nitrogens is 1. The molecular formula is C20H19ClFN3OS. The molecule has 0 unspecified atom stereocenters. The summed E-state index contributed by atoms with van der Waals surface area (Å²) in [4.78, 5) is 17.5. The first-order chi connectivity index (χ1) is 13.1. The number of benzene rings is 2. The lowest BCUT2D eigenvalue weighted by Gasteiger charge is -2.03. The third-order valence-corrected chi connectivity index (χ3v) is 5.16. The molecule has 0 saturated carbocycles. The SMILES string of the molecule is CCCCNC(=O)Nc1nc(-c2ccc(F)cc2)c(-c2ccc(Cl)cc2)s1. The van der Waals surface area contributed by atoms with Gasteiger partial charge in [-0.1, -0.05) is 48.4 Å². The molecule has 0 fully saturated rings. The molecule has 0 atom stereocenters. The molecule has 1 heterocycles. The van der Waals surface area contributed by atoms with Crippen LogP contribution in [0.4, 0.5) is 14.3 Å². The molecule has 3 aromatic rings. The Labute approximate surface area is 166 Å². The van der Waals surface area contributed by atoms with Gasteiger partial charge < -0.3 is 5.32 Å². The van der Waals surface area contributed by atoms with Gasteiger partial charge in [-0.2, -0.15) is 0 Å². The van der Waals surface area contributed by atoms with Crippen LogP contribution in [0.2, 0.25) is 5.02 Å². The summed E-state index contributed by atoms with van der Waals surface area (Å²) in [5.74, 6) is -0.310.